The first kappa shape index (κ1) is 12.8. The van der Waals surface area contributed by atoms with Crippen molar-refractivity contribution >= 4 is 10.9 Å². The van der Waals surface area contributed by atoms with Crippen LogP contribution in [0.4, 0.5) is 4.39 Å². The highest BCUT2D eigenvalue weighted by molar-refractivity contribution is 5.82. The number of nitrogens with zero attached hydrogens (tertiary/aromatic N) is 1. The van der Waals surface area contributed by atoms with Crippen molar-refractivity contribution in [1.82, 2.24) is 4.98 Å². The summed E-state index contributed by atoms with van der Waals surface area (Å²) in [6.45, 7) is 1.75. The number of para-hydroxylation sites is 1. The van der Waals surface area contributed by atoms with Gasteiger partial charge in [0.15, 0.2) is 0 Å². The number of rotatable bonds is 2. The van der Waals surface area contributed by atoms with Crippen LogP contribution < -0.4 is 5.73 Å². The molecular weight excluding hydrogens is 251 g/mol. The summed E-state index contributed by atoms with van der Waals surface area (Å²) in [4.78, 5) is 4.33. The van der Waals surface area contributed by atoms with Gasteiger partial charge in [-0.1, -0.05) is 30.3 Å². The van der Waals surface area contributed by atoms with Crippen molar-refractivity contribution in [1.29, 1.82) is 0 Å². The predicted molar refractivity (Wildman–Crippen MR) is 78.9 cm³/mol. The molecule has 0 amide bonds. The minimum Gasteiger partial charge on any atom is -0.320 e. The highest BCUT2D eigenvalue weighted by atomic mass is 19.1. The van der Waals surface area contributed by atoms with Gasteiger partial charge in [-0.05, 0) is 41.8 Å². The van der Waals surface area contributed by atoms with Crippen molar-refractivity contribution in [3.05, 3.63) is 77.2 Å². The van der Waals surface area contributed by atoms with Gasteiger partial charge in [-0.25, -0.2) is 4.39 Å². The third kappa shape index (κ3) is 2.17. The van der Waals surface area contributed by atoms with Crippen LogP contribution in [-0.4, -0.2) is 4.98 Å². The molecule has 0 fully saturated rings. The lowest BCUT2D eigenvalue weighted by molar-refractivity contribution is 0.617. The monoisotopic (exact) mass is 266 g/mol. The van der Waals surface area contributed by atoms with Gasteiger partial charge in [0.1, 0.15) is 5.82 Å². The zero-order valence-electron chi connectivity index (χ0n) is 11.2. The minimum absolute atomic E-state index is 0.208. The van der Waals surface area contributed by atoms with E-state index in [1.807, 2.05) is 30.3 Å². The van der Waals surface area contributed by atoms with Gasteiger partial charge in [0.25, 0.3) is 0 Å². The van der Waals surface area contributed by atoms with Gasteiger partial charge < -0.3 is 5.73 Å². The van der Waals surface area contributed by atoms with E-state index in [0.29, 0.717) is 5.56 Å². The lowest BCUT2D eigenvalue weighted by atomic mass is 9.95. The molecule has 1 unspecified atom stereocenters. The molecule has 1 aromatic heterocycles. The Morgan fingerprint density at radius 2 is 1.90 bits per heavy atom. The fourth-order valence-electron chi connectivity index (χ4n) is 2.43. The Morgan fingerprint density at radius 3 is 2.70 bits per heavy atom. The van der Waals surface area contributed by atoms with E-state index >= 15 is 0 Å². The molecule has 0 saturated heterocycles. The maximum atomic E-state index is 13.4. The standard InChI is InChI=1S/C17H15FN2/c1-11-10-12(6-7-15(11)18)17(19)14-8-9-20-16-5-3-2-4-13(14)16/h2-10,17H,19H2,1H3. The summed E-state index contributed by atoms with van der Waals surface area (Å²) in [6.07, 6.45) is 1.76. The Bertz CT molecular complexity index is 763. The third-order valence-corrected chi connectivity index (χ3v) is 3.56. The van der Waals surface area contributed by atoms with E-state index in [9.17, 15) is 4.39 Å². The number of halogens is 1. The maximum absolute atomic E-state index is 13.4. The van der Waals surface area contributed by atoms with Crippen molar-refractivity contribution in [3.63, 3.8) is 0 Å². The molecule has 3 aromatic rings. The Kier molecular flexibility index (Phi) is 3.20. The van der Waals surface area contributed by atoms with E-state index in [2.05, 4.69) is 4.98 Å². The summed E-state index contributed by atoms with van der Waals surface area (Å²) in [7, 11) is 0. The molecule has 0 bridgehead atoms. The van der Waals surface area contributed by atoms with Crippen LogP contribution in [0, 0.1) is 12.7 Å². The van der Waals surface area contributed by atoms with Crippen LogP contribution in [0.15, 0.2) is 54.7 Å². The molecule has 2 N–H and O–H groups in total. The highest BCUT2D eigenvalue weighted by Gasteiger charge is 2.13. The van der Waals surface area contributed by atoms with Crippen LogP contribution in [0.3, 0.4) is 0 Å². The normalized spacial score (nSPS) is 12.6. The number of aryl methyl sites for hydroxylation is 1. The molecule has 0 aliphatic rings. The number of aromatic nitrogens is 1. The first-order valence-corrected chi connectivity index (χ1v) is 6.52. The van der Waals surface area contributed by atoms with Crippen molar-refractivity contribution in [2.45, 2.75) is 13.0 Å². The molecule has 1 atom stereocenters. The topological polar surface area (TPSA) is 38.9 Å². The van der Waals surface area contributed by atoms with Crippen LogP contribution in [0.25, 0.3) is 10.9 Å². The Hall–Kier alpha value is -2.26. The Balaban J connectivity index is 2.12. The van der Waals surface area contributed by atoms with Crippen molar-refractivity contribution < 1.29 is 4.39 Å². The molecule has 0 spiro atoms. The van der Waals surface area contributed by atoms with E-state index < -0.39 is 0 Å². The zero-order valence-corrected chi connectivity index (χ0v) is 11.2. The second-order valence-corrected chi connectivity index (χ2v) is 4.90. The minimum atomic E-state index is -0.290. The molecule has 3 rings (SSSR count). The van der Waals surface area contributed by atoms with E-state index in [1.165, 1.54) is 6.07 Å². The number of pyridine rings is 1. The van der Waals surface area contributed by atoms with Crippen molar-refractivity contribution in [2.75, 3.05) is 0 Å². The number of fused-ring (bicyclic) bond motifs is 1. The second kappa shape index (κ2) is 5.02. The molecule has 100 valence electrons. The Morgan fingerprint density at radius 1 is 1.10 bits per heavy atom. The molecule has 3 heteroatoms. The predicted octanol–water partition coefficient (Wildman–Crippen LogP) is 3.73. The molecule has 2 nitrogen and oxygen atoms in total. The van der Waals surface area contributed by atoms with Crippen LogP contribution in [-0.2, 0) is 0 Å². The number of hydrogen-bond acceptors (Lipinski definition) is 2. The van der Waals surface area contributed by atoms with E-state index in [4.69, 9.17) is 5.73 Å². The fourth-order valence-corrected chi connectivity index (χ4v) is 2.43. The smallest absolute Gasteiger partial charge is 0.126 e. The summed E-state index contributed by atoms with van der Waals surface area (Å²) < 4.78 is 13.4. The van der Waals surface area contributed by atoms with Crippen molar-refractivity contribution in [2.24, 2.45) is 5.73 Å². The summed E-state index contributed by atoms with van der Waals surface area (Å²) in [6, 6.07) is 14.5. The van der Waals surface area contributed by atoms with Gasteiger partial charge in [0.05, 0.1) is 11.6 Å². The zero-order chi connectivity index (χ0) is 14.1. The van der Waals surface area contributed by atoms with Gasteiger partial charge in [0.2, 0.25) is 0 Å². The average Bonchev–Trinajstić information content (AvgIpc) is 2.49. The van der Waals surface area contributed by atoms with Crippen molar-refractivity contribution in [3.8, 4) is 0 Å². The van der Waals surface area contributed by atoms with Gasteiger partial charge in [0, 0.05) is 11.6 Å². The average molecular weight is 266 g/mol. The third-order valence-electron chi connectivity index (χ3n) is 3.56. The Labute approximate surface area is 117 Å². The van der Waals surface area contributed by atoms with E-state index in [0.717, 1.165) is 22.0 Å². The van der Waals surface area contributed by atoms with Gasteiger partial charge in [-0.2, -0.15) is 0 Å². The van der Waals surface area contributed by atoms with Crippen LogP contribution in [0.2, 0.25) is 0 Å². The summed E-state index contributed by atoms with van der Waals surface area (Å²) in [5, 5.41) is 1.03. The lowest BCUT2D eigenvalue weighted by Gasteiger charge is -2.15. The number of nitrogens with two attached hydrogens (primary N) is 1. The van der Waals surface area contributed by atoms with Gasteiger partial charge >= 0.3 is 0 Å². The maximum Gasteiger partial charge on any atom is 0.126 e. The number of hydrogen-bond donors (Lipinski definition) is 1. The first-order valence-electron chi connectivity index (χ1n) is 6.52. The molecular formula is C17H15FN2. The largest absolute Gasteiger partial charge is 0.320 e. The second-order valence-electron chi connectivity index (χ2n) is 4.90. The van der Waals surface area contributed by atoms with Crippen LogP contribution >= 0.6 is 0 Å². The SMILES string of the molecule is Cc1cc(C(N)c2ccnc3ccccc23)ccc1F. The molecule has 20 heavy (non-hydrogen) atoms. The molecule has 0 saturated carbocycles. The lowest BCUT2D eigenvalue weighted by Crippen LogP contribution is -2.13. The van der Waals surface area contributed by atoms with Gasteiger partial charge in [-0.15, -0.1) is 0 Å². The summed E-state index contributed by atoms with van der Waals surface area (Å²) in [5.74, 6) is -0.208. The quantitative estimate of drug-likeness (QED) is 0.767. The van der Waals surface area contributed by atoms with Crippen LogP contribution in [0.1, 0.15) is 22.7 Å². The van der Waals surface area contributed by atoms with E-state index in [-0.39, 0.29) is 11.9 Å². The molecule has 2 aromatic carbocycles. The summed E-state index contributed by atoms with van der Waals surface area (Å²) in [5.41, 5.74) is 9.78. The highest BCUT2D eigenvalue weighted by Crippen LogP contribution is 2.27. The molecule has 0 aliphatic heterocycles. The van der Waals surface area contributed by atoms with Gasteiger partial charge in [-0.3, -0.25) is 4.98 Å². The molecule has 0 radical (unpaired) electrons. The summed E-state index contributed by atoms with van der Waals surface area (Å²) >= 11 is 0. The van der Waals surface area contributed by atoms with Crippen LogP contribution in [0.5, 0.6) is 0 Å². The molecule has 0 aliphatic carbocycles. The first-order chi connectivity index (χ1) is 9.66. The fraction of sp³-hybridized carbons (Fsp3) is 0.118. The molecule has 1 heterocycles. The van der Waals surface area contributed by atoms with E-state index in [1.54, 1.807) is 25.3 Å². The number of benzene rings is 2.